The fourth-order valence-electron chi connectivity index (χ4n) is 3.38. The van der Waals surface area contributed by atoms with E-state index in [0.717, 1.165) is 49.0 Å². The molecule has 0 bridgehead atoms. The van der Waals surface area contributed by atoms with Gasteiger partial charge in [0.25, 0.3) is 0 Å². The van der Waals surface area contributed by atoms with E-state index in [1.54, 1.807) is 0 Å². The normalized spacial score (nSPS) is 22.5. The van der Waals surface area contributed by atoms with E-state index >= 15 is 0 Å². The number of rotatable bonds is 15. The Morgan fingerprint density at radius 3 is 2.00 bits per heavy atom. The van der Waals surface area contributed by atoms with Gasteiger partial charge in [0.1, 0.15) is 0 Å². The second-order valence-electron chi connectivity index (χ2n) is 7.81. The van der Waals surface area contributed by atoms with E-state index in [1.807, 2.05) is 50.1 Å². The first kappa shape index (κ1) is 25.6. The molecule has 2 aliphatic rings. The topological polar surface area (TPSA) is 52.6 Å². The summed E-state index contributed by atoms with van der Waals surface area (Å²) >= 11 is 0. The number of hydrogen-bond donors (Lipinski definition) is 0. The molecule has 168 valence electrons. The summed E-state index contributed by atoms with van der Waals surface area (Å²) in [5.41, 5.74) is 0. The van der Waals surface area contributed by atoms with Crippen LogP contribution in [0.5, 0.6) is 0 Å². The lowest BCUT2D eigenvalue weighted by Gasteiger charge is -2.13. The standard InChI is InChI=1S/C21H36O4S4/c1-17(25-21(23)11-5-3-9-19-13-16-27-29-19)7-6-14-24-20(22)10-4-2-8-18-12-15-26-28-18/h17-19H,2-16H2,1H3. The highest BCUT2D eigenvalue weighted by Gasteiger charge is 2.17. The maximum absolute atomic E-state index is 11.9. The van der Waals surface area contributed by atoms with Gasteiger partial charge in [-0.05, 0) is 58.3 Å². The first-order valence-corrected chi connectivity index (χ1v) is 15.8. The Balaban J connectivity index is 1.36. The number of hydrogen-bond acceptors (Lipinski definition) is 8. The van der Waals surface area contributed by atoms with Crippen molar-refractivity contribution in [3.63, 3.8) is 0 Å². The maximum Gasteiger partial charge on any atom is 0.306 e. The lowest BCUT2D eigenvalue weighted by Crippen LogP contribution is -2.16. The predicted octanol–water partition coefficient (Wildman–Crippen LogP) is 6.67. The third-order valence-electron chi connectivity index (χ3n) is 5.12. The summed E-state index contributed by atoms with van der Waals surface area (Å²) < 4.78 is 10.8. The molecule has 0 aliphatic carbocycles. The largest absolute Gasteiger partial charge is 0.466 e. The van der Waals surface area contributed by atoms with Crippen molar-refractivity contribution in [3.8, 4) is 0 Å². The van der Waals surface area contributed by atoms with E-state index in [2.05, 4.69) is 0 Å². The zero-order chi connectivity index (χ0) is 20.7. The van der Waals surface area contributed by atoms with Crippen LogP contribution in [-0.4, -0.2) is 46.7 Å². The van der Waals surface area contributed by atoms with Crippen LogP contribution in [0.15, 0.2) is 0 Å². The van der Waals surface area contributed by atoms with Crippen LogP contribution in [0.3, 0.4) is 0 Å². The van der Waals surface area contributed by atoms with Crippen molar-refractivity contribution >= 4 is 55.1 Å². The number of carbonyl (C=O) groups is 2. The lowest BCUT2D eigenvalue weighted by molar-refractivity contribution is -0.150. The monoisotopic (exact) mass is 480 g/mol. The molecule has 2 aliphatic heterocycles. The molecule has 0 aromatic carbocycles. The van der Waals surface area contributed by atoms with Gasteiger partial charge in [-0.25, -0.2) is 0 Å². The number of ether oxygens (including phenoxy) is 2. The molecule has 0 radical (unpaired) electrons. The van der Waals surface area contributed by atoms with Crippen molar-refractivity contribution < 1.29 is 19.1 Å². The third-order valence-corrected chi connectivity index (χ3v) is 11.1. The highest BCUT2D eigenvalue weighted by atomic mass is 33.1. The summed E-state index contributed by atoms with van der Waals surface area (Å²) in [6.45, 7) is 2.35. The fraction of sp³-hybridized carbons (Fsp3) is 0.905. The van der Waals surface area contributed by atoms with Gasteiger partial charge in [0, 0.05) is 34.8 Å². The molecule has 2 saturated heterocycles. The molecule has 0 aromatic rings. The van der Waals surface area contributed by atoms with Crippen LogP contribution < -0.4 is 0 Å². The summed E-state index contributed by atoms with van der Waals surface area (Å²) in [5, 5.41) is 1.56. The fourth-order valence-corrected chi connectivity index (χ4v) is 9.44. The first-order valence-electron chi connectivity index (χ1n) is 11.0. The molecule has 8 heteroatoms. The van der Waals surface area contributed by atoms with Crippen LogP contribution in [0.4, 0.5) is 0 Å². The van der Waals surface area contributed by atoms with Gasteiger partial charge in [0.2, 0.25) is 0 Å². The molecule has 3 unspecified atom stereocenters. The molecule has 0 spiro atoms. The zero-order valence-corrected chi connectivity index (χ0v) is 20.9. The molecule has 2 fully saturated rings. The van der Waals surface area contributed by atoms with E-state index < -0.39 is 0 Å². The molecule has 4 nitrogen and oxygen atoms in total. The van der Waals surface area contributed by atoms with E-state index in [1.165, 1.54) is 37.2 Å². The van der Waals surface area contributed by atoms with Crippen LogP contribution >= 0.6 is 43.2 Å². The molecule has 0 aromatic heterocycles. The van der Waals surface area contributed by atoms with Gasteiger partial charge in [0.15, 0.2) is 0 Å². The maximum atomic E-state index is 11.9. The second kappa shape index (κ2) is 16.0. The van der Waals surface area contributed by atoms with Gasteiger partial charge >= 0.3 is 11.9 Å². The van der Waals surface area contributed by atoms with Gasteiger partial charge in [0.05, 0.1) is 12.7 Å². The summed E-state index contributed by atoms with van der Waals surface area (Å²) in [6.07, 6.45) is 11.5. The highest BCUT2D eigenvalue weighted by molar-refractivity contribution is 8.77. The Bertz CT molecular complexity index is 466. The molecule has 0 N–H and O–H groups in total. The average Bonchev–Trinajstić information content (AvgIpc) is 3.40. The Kier molecular flexibility index (Phi) is 14.2. The van der Waals surface area contributed by atoms with Crippen LogP contribution in [0.25, 0.3) is 0 Å². The Hall–Kier alpha value is 0.340. The van der Waals surface area contributed by atoms with Gasteiger partial charge in [-0.3, -0.25) is 9.59 Å². The van der Waals surface area contributed by atoms with E-state index in [0.29, 0.717) is 19.4 Å². The molecular weight excluding hydrogens is 444 g/mol. The third kappa shape index (κ3) is 12.7. The van der Waals surface area contributed by atoms with Crippen LogP contribution in [-0.2, 0) is 19.1 Å². The second-order valence-corrected chi connectivity index (χ2v) is 13.4. The van der Waals surface area contributed by atoms with Crippen molar-refractivity contribution in [2.75, 3.05) is 18.1 Å². The number of carbonyl (C=O) groups excluding carboxylic acids is 2. The minimum Gasteiger partial charge on any atom is -0.466 e. The molecule has 0 saturated carbocycles. The first-order chi connectivity index (χ1) is 14.1. The van der Waals surface area contributed by atoms with E-state index in [-0.39, 0.29) is 18.0 Å². The summed E-state index contributed by atoms with van der Waals surface area (Å²) in [7, 11) is 7.93. The number of unbranched alkanes of at least 4 members (excludes halogenated alkanes) is 2. The molecule has 29 heavy (non-hydrogen) atoms. The van der Waals surface area contributed by atoms with Gasteiger partial charge in [-0.1, -0.05) is 56.0 Å². The summed E-state index contributed by atoms with van der Waals surface area (Å²) in [6, 6.07) is 0. The molecular formula is C21H36O4S4. The average molecular weight is 481 g/mol. The van der Waals surface area contributed by atoms with Crippen molar-refractivity contribution in [2.45, 2.75) is 101 Å². The number of esters is 2. The van der Waals surface area contributed by atoms with Crippen molar-refractivity contribution in [2.24, 2.45) is 0 Å². The van der Waals surface area contributed by atoms with Crippen molar-refractivity contribution in [1.82, 2.24) is 0 Å². The Labute approximate surface area is 192 Å². The van der Waals surface area contributed by atoms with Crippen LogP contribution in [0.2, 0.25) is 0 Å². The Morgan fingerprint density at radius 1 is 0.862 bits per heavy atom. The Morgan fingerprint density at radius 2 is 1.45 bits per heavy atom. The quantitative estimate of drug-likeness (QED) is 0.146. The minimum absolute atomic E-state index is 0.0954. The lowest BCUT2D eigenvalue weighted by atomic mass is 10.1. The summed E-state index contributed by atoms with van der Waals surface area (Å²) in [4.78, 5) is 23.7. The van der Waals surface area contributed by atoms with E-state index in [4.69, 9.17) is 9.47 Å². The SMILES string of the molecule is CC(CCCOC(=O)CCCCC1CCSS1)OC(=O)CCCCC1CCSS1. The van der Waals surface area contributed by atoms with E-state index in [9.17, 15) is 9.59 Å². The van der Waals surface area contributed by atoms with Crippen molar-refractivity contribution in [1.29, 1.82) is 0 Å². The molecule has 2 rings (SSSR count). The molecule has 2 heterocycles. The van der Waals surface area contributed by atoms with Crippen LogP contribution in [0.1, 0.15) is 84.0 Å². The van der Waals surface area contributed by atoms with Gasteiger partial charge in [-0.2, -0.15) is 0 Å². The van der Waals surface area contributed by atoms with Crippen LogP contribution in [0, 0.1) is 0 Å². The molecule has 0 amide bonds. The minimum atomic E-state index is -0.107. The smallest absolute Gasteiger partial charge is 0.306 e. The van der Waals surface area contributed by atoms with Crippen molar-refractivity contribution in [3.05, 3.63) is 0 Å². The zero-order valence-electron chi connectivity index (χ0n) is 17.6. The summed E-state index contributed by atoms with van der Waals surface area (Å²) in [5.74, 6) is 2.34. The predicted molar refractivity (Wildman–Crippen MR) is 130 cm³/mol. The van der Waals surface area contributed by atoms with Gasteiger partial charge in [-0.15, -0.1) is 0 Å². The highest BCUT2D eigenvalue weighted by Crippen LogP contribution is 2.40. The molecule has 3 atom stereocenters. The van der Waals surface area contributed by atoms with Gasteiger partial charge < -0.3 is 9.47 Å².